The summed E-state index contributed by atoms with van der Waals surface area (Å²) in [5, 5.41) is 0. The Balaban J connectivity index is 4.11. The minimum atomic E-state index is -4.38. The highest BCUT2D eigenvalue weighted by Crippen LogP contribution is 2.43. The van der Waals surface area contributed by atoms with Gasteiger partial charge in [-0.25, -0.2) is 4.57 Å². The number of carbonyl (C=O) groups is 2. The van der Waals surface area contributed by atoms with Crippen LogP contribution in [0.25, 0.3) is 0 Å². The normalized spacial score (nSPS) is 13.2. The highest BCUT2D eigenvalue weighted by atomic mass is 31.2. The molecule has 394 valence electrons. The predicted octanol–water partition coefficient (Wildman–Crippen LogP) is 17.5. The first-order valence-electron chi connectivity index (χ1n) is 28.8. The van der Waals surface area contributed by atoms with E-state index >= 15 is 0 Å². The first-order chi connectivity index (χ1) is 32.0. The van der Waals surface area contributed by atoms with Gasteiger partial charge < -0.3 is 18.9 Å². The zero-order valence-corrected chi connectivity index (χ0v) is 45.6. The Morgan fingerprint density at radius 1 is 0.409 bits per heavy atom. The second-order valence-corrected chi connectivity index (χ2v) is 22.5. The average molecular weight is 959 g/mol. The van der Waals surface area contributed by atoms with Crippen molar-refractivity contribution in [3.63, 3.8) is 0 Å². The Hall–Kier alpha value is -0.990. The molecule has 0 heterocycles. The van der Waals surface area contributed by atoms with Gasteiger partial charge in [-0.15, -0.1) is 0 Å². The van der Waals surface area contributed by atoms with E-state index in [1.807, 2.05) is 21.1 Å². The number of hydrogen-bond donors (Lipinski definition) is 1. The Morgan fingerprint density at radius 3 is 0.970 bits per heavy atom. The van der Waals surface area contributed by atoms with Gasteiger partial charge in [0.1, 0.15) is 19.8 Å². The second kappa shape index (κ2) is 49.0. The number of unbranched alkanes of at least 4 members (excludes halogenated alkanes) is 40. The van der Waals surface area contributed by atoms with Gasteiger partial charge in [0.25, 0.3) is 0 Å². The van der Waals surface area contributed by atoms with Gasteiger partial charge in [-0.1, -0.05) is 271 Å². The molecule has 1 N–H and O–H groups in total. The molecule has 0 aromatic rings. The van der Waals surface area contributed by atoms with E-state index in [1.54, 1.807) is 0 Å². The van der Waals surface area contributed by atoms with Crippen molar-refractivity contribution in [2.45, 2.75) is 302 Å². The van der Waals surface area contributed by atoms with Crippen molar-refractivity contribution in [3.8, 4) is 0 Å². The fraction of sp³-hybridized carbons (Fsp3) is 0.964. The van der Waals surface area contributed by atoms with E-state index in [1.165, 1.54) is 231 Å². The summed E-state index contributed by atoms with van der Waals surface area (Å²) in [7, 11) is 1.50. The van der Waals surface area contributed by atoms with Crippen molar-refractivity contribution >= 4 is 19.8 Å². The lowest BCUT2D eigenvalue weighted by molar-refractivity contribution is -0.870. The molecule has 0 aromatic carbocycles. The summed E-state index contributed by atoms with van der Waals surface area (Å²) in [6.45, 7) is 4.51. The van der Waals surface area contributed by atoms with Crippen molar-refractivity contribution in [3.05, 3.63) is 0 Å². The molecule has 2 atom stereocenters. The highest BCUT2D eigenvalue weighted by Gasteiger charge is 2.27. The molecule has 0 rings (SSSR count). The zero-order valence-electron chi connectivity index (χ0n) is 44.7. The molecule has 1 unspecified atom stereocenters. The van der Waals surface area contributed by atoms with Gasteiger partial charge in [0.05, 0.1) is 27.7 Å². The van der Waals surface area contributed by atoms with Gasteiger partial charge in [-0.05, 0) is 12.8 Å². The molecule has 66 heavy (non-hydrogen) atoms. The van der Waals surface area contributed by atoms with E-state index in [2.05, 4.69) is 13.8 Å². The summed E-state index contributed by atoms with van der Waals surface area (Å²) in [6.07, 6.45) is 54.5. The number of quaternary nitrogens is 1. The minimum absolute atomic E-state index is 0.0374. The van der Waals surface area contributed by atoms with E-state index in [4.69, 9.17) is 18.5 Å². The lowest BCUT2D eigenvalue weighted by Gasteiger charge is -2.24. The van der Waals surface area contributed by atoms with Crippen LogP contribution in [0.5, 0.6) is 0 Å². The maximum atomic E-state index is 12.8. The van der Waals surface area contributed by atoms with Crippen molar-refractivity contribution < 1.29 is 42.1 Å². The molecule has 0 amide bonds. The molecule has 0 aromatic heterocycles. The first kappa shape index (κ1) is 65.0. The number of likely N-dealkylation sites (N-methyl/N-ethyl adjacent to an activating group) is 1. The molecular formula is C56H113NO8P+. The quantitative estimate of drug-likeness (QED) is 0.0278. The van der Waals surface area contributed by atoms with Gasteiger partial charge in [0.2, 0.25) is 0 Å². The summed E-state index contributed by atoms with van der Waals surface area (Å²) in [5.74, 6) is -0.773. The highest BCUT2D eigenvalue weighted by molar-refractivity contribution is 7.47. The van der Waals surface area contributed by atoms with Crippen LogP contribution in [0.15, 0.2) is 0 Å². The molecule has 0 radical (unpaired) electrons. The fourth-order valence-corrected chi connectivity index (χ4v) is 9.41. The number of phosphoric acid groups is 1. The van der Waals surface area contributed by atoms with Gasteiger partial charge in [-0.2, -0.15) is 0 Å². The molecule has 0 aliphatic rings. The van der Waals surface area contributed by atoms with Crippen LogP contribution in [0.3, 0.4) is 0 Å². The number of carbonyl (C=O) groups excluding carboxylic acids is 2. The van der Waals surface area contributed by atoms with E-state index in [9.17, 15) is 19.0 Å². The van der Waals surface area contributed by atoms with Crippen LogP contribution in [0.4, 0.5) is 0 Å². The van der Waals surface area contributed by atoms with Crippen LogP contribution in [0.2, 0.25) is 0 Å². The summed E-state index contributed by atoms with van der Waals surface area (Å²) >= 11 is 0. The Labute approximate surface area is 410 Å². The smallest absolute Gasteiger partial charge is 0.462 e. The molecule has 0 fully saturated rings. The maximum Gasteiger partial charge on any atom is 0.472 e. The maximum absolute atomic E-state index is 12.8. The van der Waals surface area contributed by atoms with Crippen molar-refractivity contribution in [1.29, 1.82) is 0 Å². The second-order valence-electron chi connectivity index (χ2n) is 21.0. The SMILES string of the molecule is CCCCCCCCCCCCCCCCCCCCCCCCC(=O)OC[C@H](COP(=O)(O)OCC[N+](C)(C)C)OC(=O)CCCCCCCCCCCCCCCCCCCCCC. The van der Waals surface area contributed by atoms with Crippen molar-refractivity contribution in [2.75, 3.05) is 47.5 Å². The zero-order chi connectivity index (χ0) is 48.5. The minimum Gasteiger partial charge on any atom is -0.462 e. The molecule has 10 heteroatoms. The summed E-state index contributed by atoms with van der Waals surface area (Å²) in [5.41, 5.74) is 0. The largest absolute Gasteiger partial charge is 0.472 e. The Kier molecular flexibility index (Phi) is 48.3. The number of esters is 2. The predicted molar refractivity (Wildman–Crippen MR) is 280 cm³/mol. The third-order valence-electron chi connectivity index (χ3n) is 13.1. The van der Waals surface area contributed by atoms with Gasteiger partial charge in [0, 0.05) is 12.8 Å². The Bertz CT molecular complexity index is 1080. The van der Waals surface area contributed by atoms with Gasteiger partial charge in [0.15, 0.2) is 6.10 Å². The summed E-state index contributed by atoms with van der Waals surface area (Å²) < 4.78 is 34.6. The molecule has 0 saturated carbocycles. The van der Waals surface area contributed by atoms with E-state index in [0.717, 1.165) is 38.5 Å². The summed E-state index contributed by atoms with van der Waals surface area (Å²) in [4.78, 5) is 35.7. The van der Waals surface area contributed by atoms with Crippen LogP contribution in [-0.2, 0) is 32.7 Å². The molecule has 0 aliphatic carbocycles. The Morgan fingerprint density at radius 2 is 0.682 bits per heavy atom. The van der Waals surface area contributed by atoms with Crippen molar-refractivity contribution in [2.24, 2.45) is 0 Å². The standard InChI is InChI=1S/C56H112NO8P/c1-6-8-10-12-14-16-18-20-22-24-26-28-29-31-32-34-36-38-40-42-44-46-48-55(58)62-52-54(53-64-66(60,61)63-51-50-57(3,4)5)65-56(59)49-47-45-43-41-39-37-35-33-30-27-25-23-21-19-17-15-13-11-9-7-2/h54H,6-53H2,1-5H3/p+1/t54-/m1/s1. The first-order valence-corrected chi connectivity index (χ1v) is 30.3. The molecular weight excluding hydrogens is 846 g/mol. The number of hydrogen-bond acceptors (Lipinski definition) is 7. The lowest BCUT2D eigenvalue weighted by Crippen LogP contribution is -2.37. The number of phosphoric ester groups is 1. The third-order valence-corrected chi connectivity index (χ3v) is 14.1. The van der Waals surface area contributed by atoms with Crippen LogP contribution in [0, 0.1) is 0 Å². The molecule has 9 nitrogen and oxygen atoms in total. The summed E-state index contributed by atoms with van der Waals surface area (Å²) in [6, 6.07) is 0. The molecule has 0 bridgehead atoms. The van der Waals surface area contributed by atoms with Crippen LogP contribution in [0.1, 0.15) is 296 Å². The number of ether oxygens (including phenoxy) is 2. The molecule has 0 aliphatic heterocycles. The average Bonchev–Trinajstić information content (AvgIpc) is 3.27. The van der Waals surface area contributed by atoms with Crippen LogP contribution >= 0.6 is 7.82 Å². The van der Waals surface area contributed by atoms with Gasteiger partial charge >= 0.3 is 19.8 Å². The van der Waals surface area contributed by atoms with Crippen LogP contribution < -0.4 is 0 Å². The third kappa shape index (κ3) is 52.4. The lowest BCUT2D eigenvalue weighted by atomic mass is 10.0. The van der Waals surface area contributed by atoms with E-state index in [-0.39, 0.29) is 25.6 Å². The molecule has 0 saturated heterocycles. The van der Waals surface area contributed by atoms with Crippen LogP contribution in [-0.4, -0.2) is 74.9 Å². The fourth-order valence-electron chi connectivity index (χ4n) is 8.67. The number of nitrogens with zero attached hydrogens (tertiary/aromatic N) is 1. The van der Waals surface area contributed by atoms with Crippen molar-refractivity contribution in [1.82, 2.24) is 0 Å². The monoisotopic (exact) mass is 959 g/mol. The van der Waals surface area contributed by atoms with Gasteiger partial charge in [-0.3, -0.25) is 18.6 Å². The topological polar surface area (TPSA) is 108 Å². The van der Waals surface area contributed by atoms with E-state index < -0.39 is 26.5 Å². The molecule has 0 spiro atoms. The number of rotatable bonds is 54. The van der Waals surface area contributed by atoms with E-state index in [0.29, 0.717) is 17.4 Å².